The minimum Gasteiger partial charge on any atom is -0.497 e. The fourth-order valence-electron chi connectivity index (χ4n) is 5.61. The van der Waals surface area contributed by atoms with Crippen molar-refractivity contribution in [2.45, 2.75) is 65.1 Å². The molecule has 1 saturated carbocycles. The van der Waals surface area contributed by atoms with E-state index in [0.717, 1.165) is 42.0 Å². The summed E-state index contributed by atoms with van der Waals surface area (Å²) in [6.45, 7) is 5.68. The maximum Gasteiger partial charge on any atom is 0.258 e. The van der Waals surface area contributed by atoms with E-state index in [0.29, 0.717) is 36.7 Å². The van der Waals surface area contributed by atoms with Gasteiger partial charge in [0, 0.05) is 42.1 Å². The summed E-state index contributed by atoms with van der Waals surface area (Å²) in [5.41, 5.74) is 2.49. The van der Waals surface area contributed by atoms with E-state index in [1.807, 2.05) is 41.4 Å². The Morgan fingerprint density at radius 2 is 1.76 bits per heavy atom. The zero-order chi connectivity index (χ0) is 29.4. The normalized spacial score (nSPS) is 13.7. The molecule has 8 heteroatoms. The summed E-state index contributed by atoms with van der Waals surface area (Å²) in [5.74, 6) is 0.957. The van der Waals surface area contributed by atoms with Gasteiger partial charge in [0.15, 0.2) is 0 Å². The van der Waals surface area contributed by atoms with Crippen molar-refractivity contribution >= 4 is 23.4 Å². The molecule has 0 bridgehead atoms. The predicted molar refractivity (Wildman–Crippen MR) is 163 cm³/mol. The molecule has 1 aliphatic carbocycles. The van der Waals surface area contributed by atoms with Gasteiger partial charge < -0.3 is 23.8 Å². The molecule has 7 nitrogen and oxygen atoms in total. The monoisotopic (exact) mass is 579 g/mol. The molecule has 0 atom stereocenters. The lowest BCUT2D eigenvalue weighted by Crippen LogP contribution is -2.48. The maximum atomic E-state index is 14.1. The molecule has 220 valence electrons. The van der Waals surface area contributed by atoms with Gasteiger partial charge in [0.05, 0.1) is 26.3 Å². The van der Waals surface area contributed by atoms with Gasteiger partial charge in [-0.3, -0.25) is 9.59 Å². The van der Waals surface area contributed by atoms with Gasteiger partial charge in [0.2, 0.25) is 5.91 Å². The average molecular weight is 580 g/mol. The van der Waals surface area contributed by atoms with Crippen LogP contribution in [0.15, 0.2) is 60.8 Å². The van der Waals surface area contributed by atoms with E-state index < -0.39 is 0 Å². The first-order valence-corrected chi connectivity index (χ1v) is 14.9. The Morgan fingerprint density at radius 3 is 2.44 bits per heavy atom. The van der Waals surface area contributed by atoms with Crippen LogP contribution in [0.3, 0.4) is 0 Å². The average Bonchev–Trinajstić information content (AvgIpc) is 3.42. The van der Waals surface area contributed by atoms with Gasteiger partial charge in [-0.1, -0.05) is 62.9 Å². The molecular weight excluding hydrogens is 538 g/mol. The molecule has 0 N–H and O–H groups in total. The van der Waals surface area contributed by atoms with Gasteiger partial charge in [-0.05, 0) is 54.7 Å². The number of carbonyl (C=O) groups excluding carboxylic acids is 2. The summed E-state index contributed by atoms with van der Waals surface area (Å²) in [6.07, 6.45) is 7.38. The van der Waals surface area contributed by atoms with Crippen LogP contribution in [-0.2, 0) is 17.9 Å². The highest BCUT2D eigenvalue weighted by molar-refractivity contribution is 6.31. The molecule has 1 fully saturated rings. The minimum atomic E-state index is -0.225. The van der Waals surface area contributed by atoms with Crippen LogP contribution in [0, 0.1) is 5.92 Å². The number of halogens is 1. The molecule has 1 aromatic heterocycles. The van der Waals surface area contributed by atoms with Crippen molar-refractivity contribution in [1.29, 1.82) is 0 Å². The molecule has 3 aromatic rings. The first-order valence-electron chi connectivity index (χ1n) is 14.5. The highest BCUT2D eigenvalue weighted by Crippen LogP contribution is 2.28. The third kappa shape index (κ3) is 7.85. The van der Waals surface area contributed by atoms with E-state index in [-0.39, 0.29) is 30.3 Å². The molecule has 0 spiro atoms. The van der Waals surface area contributed by atoms with Crippen LogP contribution >= 0.6 is 11.6 Å². The number of methoxy groups -OCH3 is 2. The van der Waals surface area contributed by atoms with Crippen molar-refractivity contribution in [2.24, 2.45) is 5.92 Å². The molecule has 41 heavy (non-hydrogen) atoms. The van der Waals surface area contributed by atoms with Crippen LogP contribution < -0.4 is 9.47 Å². The molecule has 4 rings (SSSR count). The van der Waals surface area contributed by atoms with E-state index in [1.165, 1.54) is 13.5 Å². The van der Waals surface area contributed by atoms with Crippen LogP contribution in [-0.4, -0.2) is 59.5 Å². The van der Waals surface area contributed by atoms with Crippen molar-refractivity contribution < 1.29 is 19.1 Å². The Hall–Kier alpha value is -3.45. The summed E-state index contributed by atoms with van der Waals surface area (Å²) in [4.78, 5) is 31.6. The van der Waals surface area contributed by atoms with Gasteiger partial charge in [0.25, 0.3) is 5.91 Å². The Bertz CT molecular complexity index is 1320. The first-order chi connectivity index (χ1) is 19.8. The van der Waals surface area contributed by atoms with Crippen LogP contribution in [0.25, 0.3) is 0 Å². The van der Waals surface area contributed by atoms with Crippen molar-refractivity contribution in [1.82, 2.24) is 14.4 Å². The number of nitrogens with zero attached hydrogens (tertiary/aromatic N) is 3. The number of benzene rings is 2. The summed E-state index contributed by atoms with van der Waals surface area (Å²) in [5, 5.41) is 0.726. The number of carbonyl (C=O) groups is 2. The molecule has 1 aliphatic rings. The van der Waals surface area contributed by atoms with E-state index >= 15 is 0 Å². The summed E-state index contributed by atoms with van der Waals surface area (Å²) < 4.78 is 13.0. The maximum absolute atomic E-state index is 14.1. The van der Waals surface area contributed by atoms with Crippen molar-refractivity contribution in [3.05, 3.63) is 82.6 Å². The van der Waals surface area contributed by atoms with Gasteiger partial charge in [-0.2, -0.15) is 0 Å². The molecule has 2 amide bonds. The highest BCUT2D eigenvalue weighted by atomic mass is 35.5. The fraction of sp³-hybridized carbons (Fsp3) is 0.455. The van der Waals surface area contributed by atoms with Crippen LogP contribution in [0.4, 0.5) is 0 Å². The van der Waals surface area contributed by atoms with E-state index in [4.69, 9.17) is 21.1 Å². The van der Waals surface area contributed by atoms with Crippen LogP contribution in [0.1, 0.15) is 67.6 Å². The van der Waals surface area contributed by atoms with Gasteiger partial charge in [0.1, 0.15) is 18.0 Å². The number of hydrogen-bond acceptors (Lipinski definition) is 4. The molecule has 0 aliphatic heterocycles. The second-order valence-electron chi connectivity index (χ2n) is 11.2. The lowest BCUT2D eigenvalue weighted by atomic mass is 9.94. The quantitative estimate of drug-likeness (QED) is 0.240. The standard InChI is InChI=1S/C33H42ClN3O4/c1-24(2)20-36(33(39)29-17-16-28(40-3)19-31(29)41-4)23-32(38)37(26-12-6-5-7-13-26)22-27-14-10-18-35(27)21-25-11-8-9-15-30(25)34/h8-11,14-19,24,26H,5-7,12-13,20-23H2,1-4H3. The first kappa shape index (κ1) is 30.5. The number of hydrogen-bond donors (Lipinski definition) is 0. The number of ether oxygens (including phenoxy) is 2. The third-order valence-electron chi connectivity index (χ3n) is 7.73. The Balaban J connectivity index is 1.59. The second-order valence-corrected chi connectivity index (χ2v) is 11.6. The predicted octanol–water partition coefficient (Wildman–Crippen LogP) is 6.67. The molecule has 0 unspecified atom stereocenters. The molecule has 2 aromatic carbocycles. The lowest BCUT2D eigenvalue weighted by Gasteiger charge is -2.36. The van der Waals surface area contributed by atoms with Crippen LogP contribution in [0.5, 0.6) is 11.5 Å². The van der Waals surface area contributed by atoms with E-state index in [9.17, 15) is 9.59 Å². The van der Waals surface area contributed by atoms with Crippen LogP contribution in [0.2, 0.25) is 5.02 Å². The van der Waals surface area contributed by atoms with E-state index in [2.05, 4.69) is 24.5 Å². The van der Waals surface area contributed by atoms with Crippen molar-refractivity contribution in [2.75, 3.05) is 27.3 Å². The Kier molecular flexibility index (Phi) is 10.7. The number of rotatable bonds is 12. The largest absolute Gasteiger partial charge is 0.497 e. The minimum absolute atomic E-state index is 0.00786. The summed E-state index contributed by atoms with van der Waals surface area (Å²) >= 11 is 6.46. The SMILES string of the molecule is COc1ccc(C(=O)N(CC(=O)N(Cc2cccn2Cc2ccccc2Cl)C2CCCCC2)CC(C)C)c(OC)c1. The summed E-state index contributed by atoms with van der Waals surface area (Å²) in [7, 11) is 3.11. The van der Waals surface area contributed by atoms with Gasteiger partial charge in [-0.15, -0.1) is 0 Å². The van der Waals surface area contributed by atoms with Gasteiger partial charge in [-0.25, -0.2) is 0 Å². The fourth-order valence-corrected chi connectivity index (χ4v) is 5.80. The lowest BCUT2D eigenvalue weighted by molar-refractivity contribution is -0.135. The zero-order valence-corrected chi connectivity index (χ0v) is 25.4. The topological polar surface area (TPSA) is 64.0 Å². The van der Waals surface area contributed by atoms with Gasteiger partial charge >= 0.3 is 0 Å². The van der Waals surface area contributed by atoms with Crippen molar-refractivity contribution in [3.8, 4) is 11.5 Å². The highest BCUT2D eigenvalue weighted by Gasteiger charge is 2.30. The molecule has 1 heterocycles. The molecule has 0 radical (unpaired) electrons. The van der Waals surface area contributed by atoms with Crippen molar-refractivity contribution in [3.63, 3.8) is 0 Å². The second kappa shape index (κ2) is 14.4. The summed E-state index contributed by atoms with van der Waals surface area (Å²) in [6, 6.07) is 17.2. The Morgan fingerprint density at radius 1 is 1.00 bits per heavy atom. The Labute approximate surface area is 249 Å². The third-order valence-corrected chi connectivity index (χ3v) is 8.10. The smallest absolute Gasteiger partial charge is 0.258 e. The molecular formula is C33H42ClN3O4. The zero-order valence-electron chi connectivity index (χ0n) is 24.6. The van der Waals surface area contributed by atoms with E-state index in [1.54, 1.807) is 30.2 Å². The number of amides is 2. The number of aromatic nitrogens is 1. The molecule has 0 saturated heterocycles.